The van der Waals surface area contributed by atoms with E-state index in [0.717, 1.165) is 19.3 Å². The highest BCUT2D eigenvalue weighted by molar-refractivity contribution is 5.66. The molecule has 0 amide bonds. The van der Waals surface area contributed by atoms with Crippen molar-refractivity contribution in [1.29, 1.82) is 5.26 Å². The van der Waals surface area contributed by atoms with Gasteiger partial charge >= 0.3 is 5.97 Å². The molecule has 0 bridgehead atoms. The van der Waals surface area contributed by atoms with Gasteiger partial charge in [0, 0.05) is 6.92 Å². The minimum atomic E-state index is -0.441. The summed E-state index contributed by atoms with van der Waals surface area (Å²) < 4.78 is 5.09. The Kier molecular flexibility index (Phi) is 10.6. The summed E-state index contributed by atoms with van der Waals surface area (Å²) in [6.07, 6.45) is 10.2. The SMILES string of the molecule is C=CCCCCCCCCC(OC(C)=O)C(=C)C#N. The lowest BCUT2D eigenvalue weighted by molar-refractivity contribution is -0.144. The van der Waals surface area contributed by atoms with Crippen LogP contribution in [0.1, 0.15) is 58.3 Å². The minimum absolute atomic E-state index is 0.334. The zero-order valence-corrected chi connectivity index (χ0v) is 12.0. The molecule has 0 saturated heterocycles. The first-order valence-electron chi connectivity index (χ1n) is 6.98. The predicted molar refractivity (Wildman–Crippen MR) is 77.4 cm³/mol. The number of hydrogen-bond acceptors (Lipinski definition) is 3. The molecule has 0 aromatic rings. The Hall–Kier alpha value is -1.56. The van der Waals surface area contributed by atoms with Crippen LogP contribution in [-0.2, 0) is 9.53 Å². The van der Waals surface area contributed by atoms with Gasteiger partial charge in [0.15, 0.2) is 0 Å². The first-order chi connectivity index (χ1) is 9.11. The number of nitriles is 1. The first kappa shape index (κ1) is 17.4. The third-order valence-corrected chi connectivity index (χ3v) is 2.97. The van der Waals surface area contributed by atoms with E-state index in [-0.39, 0.29) is 5.97 Å². The van der Waals surface area contributed by atoms with E-state index < -0.39 is 6.10 Å². The number of ether oxygens (including phenoxy) is 1. The van der Waals surface area contributed by atoms with E-state index in [1.54, 1.807) is 0 Å². The summed E-state index contributed by atoms with van der Waals surface area (Å²) >= 11 is 0. The zero-order chi connectivity index (χ0) is 14.5. The molecule has 0 aliphatic heterocycles. The Morgan fingerprint density at radius 3 is 2.37 bits per heavy atom. The van der Waals surface area contributed by atoms with Gasteiger partial charge in [-0.15, -0.1) is 6.58 Å². The monoisotopic (exact) mass is 263 g/mol. The second kappa shape index (κ2) is 11.5. The van der Waals surface area contributed by atoms with Crippen molar-refractivity contribution in [2.75, 3.05) is 0 Å². The molecule has 1 atom stereocenters. The lowest BCUT2D eigenvalue weighted by Crippen LogP contribution is -2.17. The molecule has 0 N–H and O–H groups in total. The third kappa shape index (κ3) is 10.1. The van der Waals surface area contributed by atoms with Crippen molar-refractivity contribution in [1.82, 2.24) is 0 Å². The van der Waals surface area contributed by atoms with Crippen molar-refractivity contribution in [3.8, 4) is 6.07 Å². The van der Waals surface area contributed by atoms with E-state index in [2.05, 4.69) is 13.2 Å². The lowest BCUT2D eigenvalue weighted by Gasteiger charge is -2.15. The quantitative estimate of drug-likeness (QED) is 0.241. The van der Waals surface area contributed by atoms with E-state index in [0.29, 0.717) is 12.0 Å². The van der Waals surface area contributed by atoms with Crippen LogP contribution < -0.4 is 0 Å². The summed E-state index contributed by atoms with van der Waals surface area (Å²) in [5.41, 5.74) is 0.334. The number of unbranched alkanes of at least 4 members (excludes halogenated alkanes) is 6. The van der Waals surface area contributed by atoms with E-state index in [1.807, 2.05) is 12.1 Å². The fraction of sp³-hybridized carbons (Fsp3) is 0.625. The number of carbonyl (C=O) groups is 1. The second-order valence-electron chi connectivity index (χ2n) is 4.72. The van der Waals surface area contributed by atoms with Crippen molar-refractivity contribution in [3.05, 3.63) is 24.8 Å². The van der Waals surface area contributed by atoms with Gasteiger partial charge in [0.25, 0.3) is 0 Å². The van der Waals surface area contributed by atoms with Gasteiger partial charge in [-0.3, -0.25) is 4.79 Å². The molecule has 1 unspecified atom stereocenters. The number of hydrogen-bond donors (Lipinski definition) is 0. The van der Waals surface area contributed by atoms with E-state index in [1.165, 1.54) is 32.6 Å². The van der Waals surface area contributed by atoms with Crippen LogP contribution in [0.5, 0.6) is 0 Å². The summed E-state index contributed by atoms with van der Waals surface area (Å²) in [7, 11) is 0. The number of nitrogens with zero attached hydrogens (tertiary/aromatic N) is 1. The molecule has 3 heteroatoms. The molecule has 3 nitrogen and oxygen atoms in total. The molecule has 106 valence electrons. The van der Waals surface area contributed by atoms with Gasteiger partial charge in [0.1, 0.15) is 6.10 Å². The molecule has 0 radical (unpaired) electrons. The van der Waals surface area contributed by atoms with Gasteiger partial charge in [0.05, 0.1) is 11.6 Å². The summed E-state index contributed by atoms with van der Waals surface area (Å²) in [5, 5.41) is 8.79. The largest absolute Gasteiger partial charge is 0.457 e. The highest BCUT2D eigenvalue weighted by Crippen LogP contribution is 2.15. The summed E-state index contributed by atoms with van der Waals surface area (Å²) in [4.78, 5) is 10.9. The standard InChI is InChI=1S/C16H25NO2/c1-4-5-6-7-8-9-10-11-12-16(14(2)13-17)19-15(3)18/h4,16H,1-2,5-12H2,3H3. The Labute approximate surface area is 117 Å². The molecule has 0 saturated carbocycles. The van der Waals surface area contributed by atoms with Crippen LogP contribution in [0.3, 0.4) is 0 Å². The van der Waals surface area contributed by atoms with E-state index in [4.69, 9.17) is 10.00 Å². The average Bonchev–Trinajstić information content (AvgIpc) is 2.39. The maximum Gasteiger partial charge on any atom is 0.303 e. The molecule has 0 aliphatic carbocycles. The zero-order valence-electron chi connectivity index (χ0n) is 12.0. The highest BCUT2D eigenvalue weighted by atomic mass is 16.5. The van der Waals surface area contributed by atoms with Gasteiger partial charge in [-0.05, 0) is 25.7 Å². The Balaban J connectivity index is 3.70. The van der Waals surface area contributed by atoms with Gasteiger partial charge < -0.3 is 4.74 Å². The molecular weight excluding hydrogens is 238 g/mol. The number of allylic oxidation sites excluding steroid dienone is 1. The van der Waals surface area contributed by atoms with Gasteiger partial charge in [-0.2, -0.15) is 5.26 Å². The van der Waals surface area contributed by atoms with Crippen molar-refractivity contribution < 1.29 is 9.53 Å². The molecule has 0 rings (SSSR count). The molecule has 0 spiro atoms. The van der Waals surface area contributed by atoms with Gasteiger partial charge in [-0.25, -0.2) is 0 Å². The van der Waals surface area contributed by atoms with Crippen LogP contribution in [-0.4, -0.2) is 12.1 Å². The average molecular weight is 263 g/mol. The molecule has 19 heavy (non-hydrogen) atoms. The van der Waals surface area contributed by atoms with Crippen molar-refractivity contribution in [2.24, 2.45) is 0 Å². The maximum atomic E-state index is 10.9. The van der Waals surface area contributed by atoms with Crippen LogP contribution >= 0.6 is 0 Å². The predicted octanol–water partition coefficient (Wildman–Crippen LogP) is 4.30. The van der Waals surface area contributed by atoms with Crippen LogP contribution in [0.15, 0.2) is 24.8 Å². The number of rotatable bonds is 11. The Morgan fingerprint density at radius 2 is 1.84 bits per heavy atom. The van der Waals surface area contributed by atoms with Crippen LogP contribution in [0, 0.1) is 11.3 Å². The lowest BCUT2D eigenvalue weighted by atomic mass is 10.0. The molecule has 0 aromatic heterocycles. The molecule has 0 aromatic carbocycles. The number of carbonyl (C=O) groups excluding carboxylic acids is 1. The number of esters is 1. The van der Waals surface area contributed by atoms with Crippen LogP contribution in [0.4, 0.5) is 0 Å². The second-order valence-corrected chi connectivity index (χ2v) is 4.72. The maximum absolute atomic E-state index is 10.9. The summed E-state index contributed by atoms with van der Waals surface area (Å²) in [6.45, 7) is 8.69. The molecule has 0 fully saturated rings. The Bertz CT molecular complexity index is 328. The van der Waals surface area contributed by atoms with Gasteiger partial charge in [-0.1, -0.05) is 38.3 Å². The smallest absolute Gasteiger partial charge is 0.303 e. The third-order valence-electron chi connectivity index (χ3n) is 2.97. The molecule has 0 heterocycles. The van der Waals surface area contributed by atoms with E-state index in [9.17, 15) is 4.79 Å². The summed E-state index contributed by atoms with van der Waals surface area (Å²) in [6, 6.07) is 1.96. The molecule has 0 aliphatic rings. The van der Waals surface area contributed by atoms with Crippen LogP contribution in [0.25, 0.3) is 0 Å². The highest BCUT2D eigenvalue weighted by Gasteiger charge is 2.15. The molecular formula is C16H25NO2. The topological polar surface area (TPSA) is 50.1 Å². The summed E-state index contributed by atoms with van der Waals surface area (Å²) in [5.74, 6) is -0.356. The van der Waals surface area contributed by atoms with Crippen molar-refractivity contribution >= 4 is 5.97 Å². The van der Waals surface area contributed by atoms with Crippen molar-refractivity contribution in [3.63, 3.8) is 0 Å². The van der Waals surface area contributed by atoms with Crippen LogP contribution in [0.2, 0.25) is 0 Å². The van der Waals surface area contributed by atoms with E-state index >= 15 is 0 Å². The first-order valence-corrected chi connectivity index (χ1v) is 6.98. The van der Waals surface area contributed by atoms with Crippen molar-refractivity contribution in [2.45, 2.75) is 64.4 Å². The fourth-order valence-corrected chi connectivity index (χ4v) is 1.90. The minimum Gasteiger partial charge on any atom is -0.457 e. The Morgan fingerprint density at radius 1 is 1.26 bits per heavy atom. The normalized spacial score (nSPS) is 11.4. The van der Waals surface area contributed by atoms with Gasteiger partial charge in [0.2, 0.25) is 0 Å². The fourth-order valence-electron chi connectivity index (χ4n) is 1.90.